The van der Waals surface area contributed by atoms with E-state index in [4.69, 9.17) is 41.9 Å². The maximum atomic E-state index is 10.7. The Morgan fingerprint density at radius 3 is 1.82 bits per heavy atom. The average molecular weight is 483 g/mol. The maximum Gasteiger partial charge on any atom is 0.187 e. The van der Waals surface area contributed by atoms with Crippen molar-refractivity contribution in [1.29, 1.82) is 0 Å². The average Bonchev–Trinajstić information content (AvgIpc) is 3.02. The van der Waals surface area contributed by atoms with Crippen LogP contribution in [0.15, 0.2) is 0 Å². The Labute approximate surface area is 191 Å². The molecule has 0 spiro atoms. The zero-order chi connectivity index (χ0) is 24.8. The minimum atomic E-state index is -1.48. The molecule has 0 radical (unpaired) electrons. The molecule has 3 fully saturated rings. The molecule has 2 heterocycles. The van der Waals surface area contributed by atoms with Crippen LogP contribution in [-0.2, 0) is 18.9 Å². The Morgan fingerprint density at radius 2 is 1.27 bits per heavy atom. The molecular weight excluding hydrogens is 444 g/mol. The van der Waals surface area contributed by atoms with Gasteiger partial charge in [0.05, 0.1) is 18.2 Å². The number of aliphatic hydroxyl groups excluding tert-OH is 6. The Kier molecular flexibility index (Phi) is 8.68. The van der Waals surface area contributed by atoms with Crippen LogP contribution in [0.2, 0.25) is 0 Å². The Morgan fingerprint density at radius 1 is 0.727 bits per heavy atom. The highest BCUT2D eigenvalue weighted by Gasteiger charge is 2.52. The van der Waals surface area contributed by atoms with Crippen LogP contribution < -0.4 is 22.9 Å². The second-order valence-electron chi connectivity index (χ2n) is 9.33. The summed E-state index contributed by atoms with van der Waals surface area (Å²) in [5, 5.41) is 61.6. The molecule has 14 heteroatoms. The molecule has 1 saturated carbocycles. The van der Waals surface area contributed by atoms with Crippen molar-refractivity contribution in [2.24, 2.45) is 22.9 Å². The lowest BCUT2D eigenvalue weighted by molar-refractivity contribution is -0.315. The summed E-state index contributed by atoms with van der Waals surface area (Å²) in [5.41, 5.74) is 24.0. The van der Waals surface area contributed by atoms with Crippen molar-refractivity contribution in [1.82, 2.24) is 0 Å². The minimum absolute atomic E-state index is 0.137. The number of rotatable bonds is 6. The van der Waals surface area contributed by atoms with Crippen molar-refractivity contribution in [2.75, 3.05) is 0 Å². The van der Waals surface area contributed by atoms with E-state index in [2.05, 4.69) is 0 Å². The predicted molar refractivity (Wildman–Crippen MR) is 111 cm³/mol. The fourth-order valence-corrected chi connectivity index (χ4v) is 4.57. The quantitative estimate of drug-likeness (QED) is 0.169. The molecule has 33 heavy (non-hydrogen) atoms. The highest BCUT2D eigenvalue weighted by Crippen LogP contribution is 2.32. The molecule has 5 unspecified atom stereocenters. The van der Waals surface area contributed by atoms with Crippen molar-refractivity contribution in [2.45, 2.75) is 118 Å². The monoisotopic (exact) mass is 482 g/mol. The van der Waals surface area contributed by atoms with Gasteiger partial charge in [-0.3, -0.25) is 0 Å². The molecule has 1 aliphatic carbocycles. The van der Waals surface area contributed by atoms with Gasteiger partial charge in [-0.05, 0) is 20.3 Å². The lowest BCUT2D eigenvalue weighted by Crippen LogP contribution is -2.68. The van der Waals surface area contributed by atoms with Gasteiger partial charge in [-0.1, -0.05) is 0 Å². The first-order valence-electron chi connectivity index (χ1n) is 11.1. The van der Waals surface area contributed by atoms with Crippen LogP contribution in [0, 0.1) is 0 Å². The molecule has 14 N–H and O–H groups in total. The van der Waals surface area contributed by atoms with Gasteiger partial charge in [0.25, 0.3) is 0 Å². The summed E-state index contributed by atoms with van der Waals surface area (Å²) in [7, 11) is 0. The van der Waals surface area contributed by atoms with Gasteiger partial charge >= 0.3 is 0 Å². The van der Waals surface area contributed by atoms with Crippen LogP contribution in [0.4, 0.5) is 0 Å². The third kappa shape index (κ3) is 5.34. The van der Waals surface area contributed by atoms with E-state index in [1.807, 2.05) is 0 Å². The van der Waals surface area contributed by atoms with E-state index in [0.717, 1.165) is 0 Å². The summed E-state index contributed by atoms with van der Waals surface area (Å²) in [5.74, 6) is 0. The van der Waals surface area contributed by atoms with E-state index in [9.17, 15) is 30.6 Å². The van der Waals surface area contributed by atoms with Gasteiger partial charge in [0.1, 0.15) is 48.8 Å². The molecule has 3 aliphatic rings. The van der Waals surface area contributed by atoms with E-state index >= 15 is 0 Å². The third-order valence-corrected chi connectivity index (χ3v) is 6.58. The lowest BCUT2D eigenvalue weighted by atomic mass is 9.84. The summed E-state index contributed by atoms with van der Waals surface area (Å²) in [4.78, 5) is 0. The van der Waals surface area contributed by atoms with Crippen molar-refractivity contribution >= 4 is 0 Å². The Hall–Kier alpha value is -0.560. The predicted octanol–water partition coefficient (Wildman–Crippen LogP) is -5.88. The fraction of sp³-hybridized carbons (Fsp3) is 1.00. The van der Waals surface area contributed by atoms with Crippen molar-refractivity contribution in [3.05, 3.63) is 0 Å². The van der Waals surface area contributed by atoms with Gasteiger partial charge < -0.3 is 72.5 Å². The van der Waals surface area contributed by atoms with E-state index in [1.165, 1.54) is 6.92 Å². The van der Waals surface area contributed by atoms with Gasteiger partial charge in [-0.25, -0.2) is 0 Å². The number of hydrogen-bond acceptors (Lipinski definition) is 14. The van der Waals surface area contributed by atoms with Crippen LogP contribution >= 0.6 is 0 Å². The maximum absolute atomic E-state index is 10.7. The van der Waals surface area contributed by atoms with Gasteiger partial charge in [0, 0.05) is 18.1 Å². The zero-order valence-corrected chi connectivity index (χ0v) is 18.6. The zero-order valence-electron chi connectivity index (χ0n) is 18.6. The highest BCUT2D eigenvalue weighted by molar-refractivity contribution is 5.02. The SMILES string of the molecule is C[C@H](N)[C@H]1O[C@@H](OC2[C@H](O[C@H]3OC([C@@H](C)O)[C@@H](O)[C@H](O)C3N)C(N)C[C@@H](N)[C@H]2O)[C@@H](O)C1O. The fourth-order valence-electron chi connectivity index (χ4n) is 4.57. The summed E-state index contributed by atoms with van der Waals surface area (Å²) in [6.45, 7) is 2.96. The van der Waals surface area contributed by atoms with E-state index in [0.29, 0.717) is 0 Å². The van der Waals surface area contributed by atoms with Gasteiger partial charge in [0.15, 0.2) is 12.6 Å². The molecule has 0 aromatic heterocycles. The van der Waals surface area contributed by atoms with Gasteiger partial charge in [-0.15, -0.1) is 0 Å². The molecule has 16 atom stereocenters. The Bertz CT molecular complexity index is 648. The van der Waals surface area contributed by atoms with Crippen molar-refractivity contribution in [3.8, 4) is 0 Å². The molecule has 3 rings (SSSR count). The second-order valence-corrected chi connectivity index (χ2v) is 9.33. The molecule has 0 amide bonds. The number of hydrogen-bond donors (Lipinski definition) is 10. The number of aliphatic hydroxyl groups is 6. The van der Waals surface area contributed by atoms with Gasteiger partial charge in [0.2, 0.25) is 0 Å². The van der Waals surface area contributed by atoms with Crippen LogP contribution in [-0.4, -0.2) is 128 Å². The molecule has 14 nitrogen and oxygen atoms in total. The van der Waals surface area contributed by atoms with Gasteiger partial charge in [-0.2, -0.15) is 0 Å². The molecule has 2 aliphatic heterocycles. The summed E-state index contributed by atoms with van der Waals surface area (Å²) < 4.78 is 22.9. The Balaban J connectivity index is 1.80. The first-order chi connectivity index (χ1) is 15.3. The van der Waals surface area contributed by atoms with Crippen LogP contribution in [0.1, 0.15) is 20.3 Å². The summed E-state index contributed by atoms with van der Waals surface area (Å²) in [6.07, 6.45) is -15.2. The smallest absolute Gasteiger partial charge is 0.187 e. The first kappa shape index (κ1) is 27.0. The summed E-state index contributed by atoms with van der Waals surface area (Å²) >= 11 is 0. The third-order valence-electron chi connectivity index (χ3n) is 6.58. The van der Waals surface area contributed by atoms with E-state index in [-0.39, 0.29) is 6.42 Å². The molecule has 0 bridgehead atoms. The highest BCUT2D eigenvalue weighted by atomic mass is 16.7. The molecule has 0 aromatic carbocycles. The first-order valence-corrected chi connectivity index (χ1v) is 11.1. The van der Waals surface area contributed by atoms with Crippen molar-refractivity contribution in [3.63, 3.8) is 0 Å². The number of nitrogens with two attached hydrogens (primary N) is 4. The molecule has 0 aromatic rings. The number of ether oxygens (including phenoxy) is 4. The van der Waals surface area contributed by atoms with Crippen molar-refractivity contribution < 1.29 is 49.6 Å². The minimum Gasteiger partial charge on any atom is -0.391 e. The summed E-state index contributed by atoms with van der Waals surface area (Å²) in [6, 6.07) is -3.41. The van der Waals surface area contributed by atoms with Crippen LogP contribution in [0.3, 0.4) is 0 Å². The molecule has 194 valence electrons. The molecule has 2 saturated heterocycles. The normalized spacial score (nSPS) is 53.1. The molecular formula is C19H38N4O10. The van der Waals surface area contributed by atoms with E-state index in [1.54, 1.807) is 6.92 Å². The second kappa shape index (κ2) is 10.6. The topological polar surface area (TPSA) is 262 Å². The van der Waals surface area contributed by atoms with E-state index < -0.39 is 97.8 Å². The van der Waals surface area contributed by atoms with Crippen LogP contribution in [0.25, 0.3) is 0 Å². The standard InChI is InChI=1S/C19H38N4O10/c1-4(20)14-12(28)13(29)19(30-14)33-17-9(25)6(21)3-7(22)16(17)32-18-8(23)10(26)11(27)15(31-18)5(2)24/h4-19,24-29H,3,20-23H2,1-2H3/t4-,5+,6+,7?,8?,9+,10+,11-,12?,13-,14+,15?,16+,17?,18+,19-/m0/s1. The van der Waals surface area contributed by atoms with Crippen LogP contribution in [0.5, 0.6) is 0 Å². The lowest BCUT2D eigenvalue weighted by Gasteiger charge is -2.47. The largest absolute Gasteiger partial charge is 0.391 e.